The highest BCUT2D eigenvalue weighted by molar-refractivity contribution is 6.00. The number of allylic oxidation sites excluding steroid dienone is 2. The summed E-state index contributed by atoms with van der Waals surface area (Å²) >= 11 is 0. The molecular weight excluding hydrogens is 272 g/mol. The van der Waals surface area contributed by atoms with Gasteiger partial charge in [-0.3, -0.25) is 4.79 Å². The summed E-state index contributed by atoms with van der Waals surface area (Å²) in [4.78, 5) is 11.1. The Morgan fingerprint density at radius 1 is 1.05 bits per heavy atom. The van der Waals surface area contributed by atoms with E-state index in [0.29, 0.717) is 6.61 Å². The Morgan fingerprint density at radius 3 is 2.59 bits per heavy atom. The van der Waals surface area contributed by atoms with Crippen LogP contribution in [0.3, 0.4) is 0 Å². The zero-order valence-electron chi connectivity index (χ0n) is 12.4. The molecular formula is C20H16O2. The van der Waals surface area contributed by atoms with Crippen LogP contribution in [0.2, 0.25) is 0 Å². The smallest absolute Gasteiger partial charge is 0.178 e. The maximum atomic E-state index is 11.1. The number of ketones is 1. The first-order valence-corrected chi connectivity index (χ1v) is 7.19. The first-order valence-electron chi connectivity index (χ1n) is 7.19. The van der Waals surface area contributed by atoms with E-state index in [-0.39, 0.29) is 5.78 Å². The second-order valence-electron chi connectivity index (χ2n) is 5.37. The van der Waals surface area contributed by atoms with Gasteiger partial charge in [-0.25, -0.2) is 0 Å². The Bertz CT molecular complexity index is 810. The van der Waals surface area contributed by atoms with Gasteiger partial charge in [0.25, 0.3) is 0 Å². The van der Waals surface area contributed by atoms with Crippen LogP contribution in [0.25, 0.3) is 10.8 Å². The lowest BCUT2D eigenvalue weighted by molar-refractivity contribution is -0.110. The number of ether oxygens (including phenoxy) is 1. The predicted molar refractivity (Wildman–Crippen MR) is 88.5 cm³/mol. The Morgan fingerprint density at radius 2 is 1.77 bits per heavy atom. The van der Waals surface area contributed by atoms with Crippen molar-refractivity contribution in [1.82, 2.24) is 0 Å². The van der Waals surface area contributed by atoms with E-state index in [4.69, 9.17) is 4.74 Å². The van der Waals surface area contributed by atoms with Gasteiger partial charge in [-0.15, -0.1) is 0 Å². The van der Waals surface area contributed by atoms with Crippen LogP contribution in [0.15, 0.2) is 66.8 Å². The van der Waals surface area contributed by atoms with E-state index >= 15 is 0 Å². The molecule has 0 unspecified atom stereocenters. The van der Waals surface area contributed by atoms with Gasteiger partial charge < -0.3 is 4.74 Å². The van der Waals surface area contributed by atoms with Gasteiger partial charge in [-0.2, -0.15) is 0 Å². The molecule has 2 heteroatoms. The average molecular weight is 288 g/mol. The van der Waals surface area contributed by atoms with Crippen LogP contribution in [-0.2, 0) is 9.53 Å². The van der Waals surface area contributed by atoms with Crippen molar-refractivity contribution in [3.8, 4) is 11.8 Å². The number of rotatable bonds is 2. The van der Waals surface area contributed by atoms with E-state index < -0.39 is 5.60 Å². The van der Waals surface area contributed by atoms with Crippen molar-refractivity contribution in [2.24, 2.45) is 0 Å². The van der Waals surface area contributed by atoms with Crippen LogP contribution in [0.4, 0.5) is 0 Å². The third-order valence-electron chi connectivity index (χ3n) is 3.63. The highest BCUT2D eigenvalue weighted by Crippen LogP contribution is 2.19. The van der Waals surface area contributed by atoms with Gasteiger partial charge in [0.15, 0.2) is 5.78 Å². The largest absolute Gasteiger partial charge is 0.354 e. The molecule has 0 atom stereocenters. The molecule has 1 aliphatic carbocycles. The maximum Gasteiger partial charge on any atom is 0.178 e. The Balaban J connectivity index is 1.72. The minimum Gasteiger partial charge on any atom is -0.354 e. The Labute approximate surface area is 130 Å². The van der Waals surface area contributed by atoms with Crippen LogP contribution in [0.5, 0.6) is 0 Å². The van der Waals surface area contributed by atoms with Crippen LogP contribution >= 0.6 is 0 Å². The molecule has 0 heterocycles. The van der Waals surface area contributed by atoms with E-state index in [1.165, 1.54) is 17.5 Å². The highest BCUT2D eigenvalue weighted by atomic mass is 16.5. The lowest BCUT2D eigenvalue weighted by atomic mass is 10.00. The van der Waals surface area contributed by atoms with E-state index in [1.807, 2.05) is 31.2 Å². The van der Waals surface area contributed by atoms with E-state index in [0.717, 1.165) is 10.9 Å². The molecule has 0 fully saturated rings. The minimum atomic E-state index is -0.554. The molecule has 0 saturated carbocycles. The molecule has 22 heavy (non-hydrogen) atoms. The van der Waals surface area contributed by atoms with Crippen molar-refractivity contribution in [1.29, 1.82) is 0 Å². The van der Waals surface area contributed by atoms with Crippen LogP contribution < -0.4 is 0 Å². The lowest BCUT2D eigenvalue weighted by Gasteiger charge is -2.22. The highest BCUT2D eigenvalue weighted by Gasteiger charge is 2.20. The van der Waals surface area contributed by atoms with Gasteiger partial charge in [0.2, 0.25) is 0 Å². The number of hydrogen-bond donors (Lipinski definition) is 0. The van der Waals surface area contributed by atoms with Gasteiger partial charge in [0.05, 0.1) is 0 Å². The summed E-state index contributed by atoms with van der Waals surface area (Å²) in [6.45, 7) is 2.22. The summed E-state index contributed by atoms with van der Waals surface area (Å²) in [6, 6.07) is 14.3. The number of benzene rings is 2. The maximum absolute atomic E-state index is 11.1. The molecule has 2 aromatic rings. The number of fused-ring (bicyclic) bond motifs is 1. The summed E-state index contributed by atoms with van der Waals surface area (Å²) in [7, 11) is 0. The summed E-state index contributed by atoms with van der Waals surface area (Å²) in [6.07, 6.45) is 6.57. The molecule has 3 rings (SSSR count). The normalized spacial score (nSPS) is 15.6. The van der Waals surface area contributed by atoms with E-state index in [1.54, 1.807) is 12.2 Å². The van der Waals surface area contributed by atoms with E-state index in [2.05, 4.69) is 30.0 Å². The lowest BCUT2D eigenvalue weighted by Crippen LogP contribution is -2.26. The van der Waals surface area contributed by atoms with Crippen LogP contribution in [0, 0.1) is 11.8 Å². The summed E-state index contributed by atoms with van der Waals surface area (Å²) in [5.41, 5.74) is 0.443. The summed E-state index contributed by atoms with van der Waals surface area (Å²) in [5.74, 6) is 6.20. The van der Waals surface area contributed by atoms with Gasteiger partial charge >= 0.3 is 0 Å². The van der Waals surface area contributed by atoms with Crippen molar-refractivity contribution < 1.29 is 9.53 Å². The molecule has 0 amide bonds. The molecule has 108 valence electrons. The third kappa shape index (κ3) is 3.16. The quantitative estimate of drug-likeness (QED) is 0.788. The van der Waals surface area contributed by atoms with Crippen molar-refractivity contribution in [3.05, 3.63) is 72.3 Å². The molecule has 0 aliphatic heterocycles. The second-order valence-corrected chi connectivity index (χ2v) is 5.37. The van der Waals surface area contributed by atoms with Crippen molar-refractivity contribution >= 4 is 16.6 Å². The molecule has 0 N–H and O–H groups in total. The molecule has 0 bridgehead atoms. The standard InChI is InChI=1S/C20H16O2/c1-20(13-11-18(21)12-14-20)22-15-5-9-17-8-4-7-16-6-2-3-10-19(16)17/h2-4,6-8,10-14H,15H2,1H3. The first-order chi connectivity index (χ1) is 10.7. The molecule has 2 aromatic carbocycles. The summed E-state index contributed by atoms with van der Waals surface area (Å²) < 4.78 is 5.75. The fraction of sp³-hybridized carbons (Fsp3) is 0.150. The van der Waals surface area contributed by atoms with Crippen molar-refractivity contribution in [2.45, 2.75) is 12.5 Å². The number of carbonyl (C=O) groups is 1. The van der Waals surface area contributed by atoms with Gasteiger partial charge in [-0.1, -0.05) is 48.2 Å². The Hall–Kier alpha value is -2.63. The van der Waals surface area contributed by atoms with Crippen LogP contribution in [0.1, 0.15) is 12.5 Å². The zero-order chi connectivity index (χ0) is 15.4. The predicted octanol–water partition coefficient (Wildman–Crippen LogP) is 3.66. The topological polar surface area (TPSA) is 26.3 Å². The monoisotopic (exact) mass is 288 g/mol. The first kappa shape index (κ1) is 14.3. The van der Waals surface area contributed by atoms with Gasteiger partial charge in [0.1, 0.15) is 12.2 Å². The molecule has 2 nitrogen and oxygen atoms in total. The van der Waals surface area contributed by atoms with Crippen molar-refractivity contribution in [2.75, 3.05) is 6.61 Å². The fourth-order valence-corrected chi connectivity index (χ4v) is 2.36. The van der Waals surface area contributed by atoms with Gasteiger partial charge in [0, 0.05) is 5.56 Å². The summed E-state index contributed by atoms with van der Waals surface area (Å²) in [5, 5.41) is 2.32. The SMILES string of the molecule is CC1(OCC#Cc2cccc3ccccc23)C=CC(=O)C=C1. The fourth-order valence-electron chi connectivity index (χ4n) is 2.36. The molecule has 0 spiro atoms. The zero-order valence-corrected chi connectivity index (χ0v) is 12.4. The average Bonchev–Trinajstić information content (AvgIpc) is 2.55. The second kappa shape index (κ2) is 6.01. The van der Waals surface area contributed by atoms with Gasteiger partial charge in [-0.05, 0) is 48.1 Å². The van der Waals surface area contributed by atoms with Crippen LogP contribution in [-0.4, -0.2) is 18.0 Å². The number of hydrogen-bond acceptors (Lipinski definition) is 2. The third-order valence-corrected chi connectivity index (χ3v) is 3.63. The molecule has 0 aromatic heterocycles. The Kier molecular flexibility index (Phi) is 3.91. The minimum absolute atomic E-state index is 0.0112. The van der Waals surface area contributed by atoms with E-state index in [9.17, 15) is 4.79 Å². The molecule has 0 radical (unpaired) electrons. The molecule has 0 saturated heterocycles. The number of carbonyl (C=O) groups excluding carboxylic acids is 1. The van der Waals surface area contributed by atoms with Crippen molar-refractivity contribution in [3.63, 3.8) is 0 Å². The molecule has 1 aliphatic rings.